The second-order valence-electron chi connectivity index (χ2n) is 6.47. The molecule has 2 saturated heterocycles. The number of ether oxygens (including phenoxy) is 4. The van der Waals surface area contributed by atoms with E-state index in [1.165, 1.54) is 0 Å². The van der Waals surface area contributed by atoms with Crippen LogP contribution in [-0.2, 0) is 25.6 Å². The second kappa shape index (κ2) is 5.36. The van der Waals surface area contributed by atoms with Crippen LogP contribution in [0.25, 0.3) is 0 Å². The lowest BCUT2D eigenvalue weighted by Crippen LogP contribution is -2.44. The zero-order valence-corrected chi connectivity index (χ0v) is 13.2. The van der Waals surface area contributed by atoms with Crippen LogP contribution in [0.1, 0.15) is 39.7 Å². The molecule has 4 atom stereocenters. The predicted octanol–water partition coefficient (Wildman–Crippen LogP) is 3.25. The number of rotatable bonds is 4. The highest BCUT2D eigenvalue weighted by molar-refractivity contribution is 5.14. The van der Waals surface area contributed by atoms with Crippen molar-refractivity contribution in [3.63, 3.8) is 0 Å². The monoisotopic (exact) mass is 292 g/mol. The zero-order valence-electron chi connectivity index (χ0n) is 13.2. The molecule has 0 N–H and O–H groups in total. The average molecular weight is 292 g/mol. The fourth-order valence-electron chi connectivity index (χ4n) is 3.05. The summed E-state index contributed by atoms with van der Waals surface area (Å²) in [7, 11) is 0. The van der Waals surface area contributed by atoms with Gasteiger partial charge in [0, 0.05) is 0 Å². The fraction of sp³-hybridized carbons (Fsp3) is 0.647. The third kappa shape index (κ3) is 2.86. The molecule has 4 nitrogen and oxygen atoms in total. The SMILES string of the molecule is CC[C@@]1(C)O[C@@H]2OC(C)(C)OC2[C@H]1OCc1ccccc1. The van der Waals surface area contributed by atoms with Crippen LogP contribution in [0.2, 0.25) is 0 Å². The van der Waals surface area contributed by atoms with Crippen LogP contribution in [0, 0.1) is 0 Å². The number of hydrogen-bond acceptors (Lipinski definition) is 4. The Labute approximate surface area is 126 Å². The molecule has 3 rings (SSSR count). The molecule has 0 saturated carbocycles. The summed E-state index contributed by atoms with van der Waals surface area (Å²) in [5.74, 6) is -0.612. The van der Waals surface area contributed by atoms with Crippen molar-refractivity contribution in [1.29, 1.82) is 0 Å². The van der Waals surface area contributed by atoms with E-state index < -0.39 is 5.79 Å². The van der Waals surface area contributed by atoms with Gasteiger partial charge in [0.25, 0.3) is 0 Å². The molecule has 1 unspecified atom stereocenters. The van der Waals surface area contributed by atoms with E-state index in [2.05, 4.69) is 26.0 Å². The summed E-state index contributed by atoms with van der Waals surface area (Å²) in [4.78, 5) is 0. The standard InChI is InChI=1S/C17H24O4/c1-5-17(4)14(18-11-12-9-7-6-8-10-12)13-15(21-17)20-16(2,3)19-13/h6-10,13-15H,5,11H2,1-4H3/t13?,14-,15+,17-/m1/s1. The molecular weight excluding hydrogens is 268 g/mol. The van der Waals surface area contributed by atoms with E-state index in [0.717, 1.165) is 12.0 Å². The van der Waals surface area contributed by atoms with Crippen LogP contribution < -0.4 is 0 Å². The summed E-state index contributed by atoms with van der Waals surface area (Å²) in [6, 6.07) is 10.2. The first kappa shape index (κ1) is 15.0. The number of benzene rings is 1. The summed E-state index contributed by atoms with van der Waals surface area (Å²) in [6.45, 7) is 8.54. The van der Waals surface area contributed by atoms with Crippen molar-refractivity contribution in [1.82, 2.24) is 0 Å². The van der Waals surface area contributed by atoms with Crippen LogP contribution in [-0.4, -0.2) is 29.9 Å². The Morgan fingerprint density at radius 2 is 1.76 bits per heavy atom. The summed E-state index contributed by atoms with van der Waals surface area (Å²) < 4.78 is 24.1. The molecule has 0 bridgehead atoms. The lowest BCUT2D eigenvalue weighted by molar-refractivity contribution is -0.241. The third-order valence-electron chi connectivity index (χ3n) is 4.35. The Bertz CT molecular complexity index is 487. The Kier molecular flexibility index (Phi) is 3.82. The van der Waals surface area contributed by atoms with Crippen LogP contribution in [0.15, 0.2) is 30.3 Å². The van der Waals surface area contributed by atoms with Gasteiger partial charge in [0.2, 0.25) is 0 Å². The predicted molar refractivity (Wildman–Crippen MR) is 78.6 cm³/mol. The van der Waals surface area contributed by atoms with E-state index >= 15 is 0 Å². The Hall–Kier alpha value is -0.940. The van der Waals surface area contributed by atoms with E-state index in [-0.39, 0.29) is 24.1 Å². The topological polar surface area (TPSA) is 36.9 Å². The van der Waals surface area contributed by atoms with Gasteiger partial charge in [-0.05, 0) is 32.8 Å². The lowest BCUT2D eigenvalue weighted by Gasteiger charge is -2.33. The van der Waals surface area contributed by atoms with Gasteiger partial charge >= 0.3 is 0 Å². The smallest absolute Gasteiger partial charge is 0.190 e. The van der Waals surface area contributed by atoms with Gasteiger partial charge in [0.1, 0.15) is 12.2 Å². The molecule has 2 aliphatic heterocycles. The van der Waals surface area contributed by atoms with Gasteiger partial charge in [0.15, 0.2) is 12.1 Å². The van der Waals surface area contributed by atoms with Crippen molar-refractivity contribution in [2.45, 2.75) is 70.6 Å². The van der Waals surface area contributed by atoms with Crippen molar-refractivity contribution in [2.75, 3.05) is 0 Å². The molecular formula is C17H24O4. The minimum absolute atomic E-state index is 0.130. The summed E-state index contributed by atoms with van der Waals surface area (Å²) >= 11 is 0. The Balaban J connectivity index is 1.74. The van der Waals surface area contributed by atoms with E-state index in [1.807, 2.05) is 32.0 Å². The van der Waals surface area contributed by atoms with Crippen molar-refractivity contribution >= 4 is 0 Å². The van der Waals surface area contributed by atoms with Gasteiger partial charge in [-0.15, -0.1) is 0 Å². The summed E-state index contributed by atoms with van der Waals surface area (Å²) in [5, 5.41) is 0. The van der Waals surface area contributed by atoms with Gasteiger partial charge in [0.05, 0.1) is 12.2 Å². The molecule has 0 aromatic heterocycles. The molecule has 4 heteroatoms. The zero-order chi connectivity index (χ0) is 15.1. The maximum atomic E-state index is 6.17. The molecule has 0 spiro atoms. The molecule has 1 aromatic carbocycles. The van der Waals surface area contributed by atoms with Crippen molar-refractivity contribution in [3.8, 4) is 0 Å². The number of fused-ring (bicyclic) bond motifs is 1. The van der Waals surface area contributed by atoms with E-state index in [4.69, 9.17) is 18.9 Å². The highest BCUT2D eigenvalue weighted by Gasteiger charge is 2.59. The molecule has 0 radical (unpaired) electrons. The molecule has 0 amide bonds. The first-order valence-corrected chi connectivity index (χ1v) is 7.62. The molecule has 116 valence electrons. The first-order valence-electron chi connectivity index (χ1n) is 7.62. The molecule has 2 fully saturated rings. The maximum absolute atomic E-state index is 6.17. The van der Waals surface area contributed by atoms with E-state index in [1.54, 1.807) is 0 Å². The maximum Gasteiger partial charge on any atom is 0.190 e. The highest BCUT2D eigenvalue weighted by atomic mass is 16.8. The summed E-state index contributed by atoms with van der Waals surface area (Å²) in [6.07, 6.45) is 0.209. The fourth-order valence-corrected chi connectivity index (χ4v) is 3.05. The average Bonchev–Trinajstić information content (AvgIpc) is 2.86. The van der Waals surface area contributed by atoms with Crippen molar-refractivity contribution in [3.05, 3.63) is 35.9 Å². The van der Waals surface area contributed by atoms with Crippen molar-refractivity contribution < 1.29 is 18.9 Å². The van der Waals surface area contributed by atoms with E-state index in [0.29, 0.717) is 6.61 Å². The molecule has 1 aromatic rings. The van der Waals surface area contributed by atoms with Crippen molar-refractivity contribution in [2.24, 2.45) is 0 Å². The van der Waals surface area contributed by atoms with Gasteiger partial charge in [-0.2, -0.15) is 0 Å². The Morgan fingerprint density at radius 3 is 2.43 bits per heavy atom. The minimum atomic E-state index is -0.612. The van der Waals surface area contributed by atoms with Crippen LogP contribution in [0.4, 0.5) is 0 Å². The first-order chi connectivity index (χ1) is 9.93. The minimum Gasteiger partial charge on any atom is -0.368 e. The lowest BCUT2D eigenvalue weighted by atomic mass is 9.94. The second-order valence-corrected chi connectivity index (χ2v) is 6.47. The molecule has 0 aliphatic carbocycles. The van der Waals surface area contributed by atoms with Crippen LogP contribution in [0.3, 0.4) is 0 Å². The largest absolute Gasteiger partial charge is 0.368 e. The van der Waals surface area contributed by atoms with Gasteiger partial charge < -0.3 is 18.9 Å². The molecule has 2 heterocycles. The van der Waals surface area contributed by atoms with E-state index in [9.17, 15) is 0 Å². The highest BCUT2D eigenvalue weighted by Crippen LogP contribution is 2.45. The van der Waals surface area contributed by atoms with Crippen LogP contribution >= 0.6 is 0 Å². The van der Waals surface area contributed by atoms with Gasteiger partial charge in [-0.3, -0.25) is 0 Å². The normalized spacial score (nSPS) is 37.6. The van der Waals surface area contributed by atoms with Crippen LogP contribution in [0.5, 0.6) is 0 Å². The third-order valence-corrected chi connectivity index (χ3v) is 4.35. The Morgan fingerprint density at radius 1 is 1.05 bits per heavy atom. The number of hydrogen-bond donors (Lipinski definition) is 0. The quantitative estimate of drug-likeness (QED) is 0.853. The van der Waals surface area contributed by atoms with Gasteiger partial charge in [-0.1, -0.05) is 37.3 Å². The molecule has 21 heavy (non-hydrogen) atoms. The summed E-state index contributed by atoms with van der Waals surface area (Å²) in [5.41, 5.74) is 0.776. The van der Waals surface area contributed by atoms with Gasteiger partial charge in [-0.25, -0.2) is 0 Å². The molecule has 2 aliphatic rings.